The standard InChI is InChI=1S/C35H39N3O4/c1-3-34(20-10-5-11-21-34)35(33(40)41-2)31-28(27-14-8-9-15-29(27)37-31)22-30(32(36)39)38(35)25-16-18-26(19-17-25)42-23-24-12-6-4-7-13-24/h4,6-9,12-19,30,37H,3,5,10-11,20-23H2,1-2H3,(H2,36,39). The topological polar surface area (TPSA) is 97.7 Å². The van der Waals surface area contributed by atoms with E-state index < -0.39 is 22.9 Å². The van der Waals surface area contributed by atoms with Gasteiger partial charge in [-0.15, -0.1) is 0 Å². The summed E-state index contributed by atoms with van der Waals surface area (Å²) in [6.45, 7) is 2.60. The Bertz CT molecular complexity index is 1570. The van der Waals surface area contributed by atoms with Crippen LogP contribution >= 0.6 is 0 Å². The van der Waals surface area contributed by atoms with Gasteiger partial charge in [-0.25, -0.2) is 4.79 Å². The Morgan fingerprint density at radius 1 is 0.952 bits per heavy atom. The molecule has 1 fully saturated rings. The molecule has 0 bridgehead atoms. The number of esters is 1. The lowest BCUT2D eigenvalue weighted by atomic mass is 9.56. The summed E-state index contributed by atoms with van der Waals surface area (Å²) in [6, 6.07) is 25.0. The zero-order valence-corrected chi connectivity index (χ0v) is 24.4. The molecule has 1 aliphatic heterocycles. The lowest BCUT2D eigenvalue weighted by Crippen LogP contribution is -2.70. The van der Waals surface area contributed by atoms with Crippen molar-refractivity contribution in [3.63, 3.8) is 0 Å². The zero-order valence-electron chi connectivity index (χ0n) is 24.4. The van der Waals surface area contributed by atoms with Gasteiger partial charge in [0.05, 0.1) is 12.8 Å². The summed E-state index contributed by atoms with van der Waals surface area (Å²) >= 11 is 0. The first kappa shape index (κ1) is 27.9. The van der Waals surface area contributed by atoms with Crippen molar-refractivity contribution in [3.8, 4) is 5.75 Å². The van der Waals surface area contributed by atoms with Gasteiger partial charge in [0.25, 0.3) is 0 Å². The highest BCUT2D eigenvalue weighted by Crippen LogP contribution is 2.60. The number of ether oxygens (including phenoxy) is 2. The maximum absolute atomic E-state index is 14.6. The average molecular weight is 566 g/mol. The number of anilines is 1. The summed E-state index contributed by atoms with van der Waals surface area (Å²) in [5.41, 5.74) is 8.99. The van der Waals surface area contributed by atoms with Gasteiger partial charge in [0.15, 0.2) is 5.54 Å². The number of aromatic amines is 1. The van der Waals surface area contributed by atoms with Crippen LogP contribution in [0.3, 0.4) is 0 Å². The Kier molecular flexibility index (Phi) is 7.43. The Morgan fingerprint density at radius 3 is 2.31 bits per heavy atom. The van der Waals surface area contributed by atoms with Gasteiger partial charge >= 0.3 is 5.97 Å². The molecular formula is C35H39N3O4. The smallest absolute Gasteiger partial charge is 0.338 e. The van der Waals surface area contributed by atoms with Crippen molar-refractivity contribution in [2.75, 3.05) is 12.0 Å². The fraction of sp³-hybridized carbons (Fsp3) is 0.371. The molecular weight excluding hydrogens is 526 g/mol. The van der Waals surface area contributed by atoms with E-state index >= 15 is 0 Å². The monoisotopic (exact) mass is 565 g/mol. The molecule has 3 aromatic carbocycles. The van der Waals surface area contributed by atoms with Crippen LogP contribution in [0.1, 0.15) is 62.3 Å². The number of carbonyl (C=O) groups excluding carboxylic acids is 2. The van der Waals surface area contributed by atoms with Crippen molar-refractivity contribution >= 4 is 28.5 Å². The number of para-hydroxylation sites is 1. The number of aromatic nitrogens is 1. The van der Waals surface area contributed by atoms with Gasteiger partial charge in [0.2, 0.25) is 5.91 Å². The molecule has 0 saturated heterocycles. The van der Waals surface area contributed by atoms with Gasteiger partial charge in [-0.2, -0.15) is 0 Å². The van der Waals surface area contributed by atoms with Crippen molar-refractivity contribution < 1.29 is 19.1 Å². The Morgan fingerprint density at radius 2 is 1.64 bits per heavy atom. The van der Waals surface area contributed by atoms with Gasteiger partial charge in [0.1, 0.15) is 18.4 Å². The first-order valence-electron chi connectivity index (χ1n) is 15.0. The third-order valence-electron chi connectivity index (χ3n) is 9.67. The summed E-state index contributed by atoms with van der Waals surface area (Å²) in [7, 11) is 1.45. The van der Waals surface area contributed by atoms with E-state index in [1.165, 1.54) is 7.11 Å². The molecule has 218 valence electrons. The van der Waals surface area contributed by atoms with Crippen molar-refractivity contribution in [2.24, 2.45) is 11.1 Å². The summed E-state index contributed by atoms with van der Waals surface area (Å²) in [5, 5.41) is 1.01. The molecule has 6 rings (SSSR count). The van der Waals surface area contributed by atoms with Crippen LogP contribution in [0.25, 0.3) is 10.9 Å². The van der Waals surface area contributed by atoms with Gasteiger partial charge in [0, 0.05) is 28.4 Å². The average Bonchev–Trinajstić information content (AvgIpc) is 3.42. The zero-order chi connectivity index (χ0) is 29.3. The van der Waals surface area contributed by atoms with Crippen molar-refractivity contribution in [1.82, 2.24) is 4.98 Å². The predicted octanol–water partition coefficient (Wildman–Crippen LogP) is 6.39. The van der Waals surface area contributed by atoms with Crippen molar-refractivity contribution in [2.45, 2.75) is 70.1 Å². The number of H-pyrrole nitrogens is 1. The Balaban J connectivity index is 1.55. The number of methoxy groups -OCH3 is 1. The van der Waals surface area contributed by atoms with Crippen LogP contribution in [0.15, 0.2) is 78.9 Å². The number of benzene rings is 3. The minimum atomic E-state index is -1.28. The number of fused-ring (bicyclic) bond motifs is 3. The number of nitrogens with one attached hydrogen (secondary N) is 1. The summed E-state index contributed by atoms with van der Waals surface area (Å²) in [6.07, 6.45) is 5.94. The summed E-state index contributed by atoms with van der Waals surface area (Å²) in [4.78, 5) is 33.7. The molecule has 2 unspecified atom stereocenters. The molecule has 2 aliphatic rings. The minimum Gasteiger partial charge on any atom is -0.489 e. The number of nitrogens with zero attached hydrogens (tertiary/aromatic N) is 1. The lowest BCUT2D eigenvalue weighted by molar-refractivity contribution is -0.157. The van der Waals surface area contributed by atoms with E-state index in [-0.39, 0.29) is 5.97 Å². The van der Waals surface area contributed by atoms with Crippen LogP contribution in [0.5, 0.6) is 5.75 Å². The van der Waals surface area contributed by atoms with Crippen molar-refractivity contribution in [3.05, 3.63) is 95.7 Å². The first-order valence-corrected chi connectivity index (χ1v) is 15.0. The second-order valence-electron chi connectivity index (χ2n) is 11.7. The minimum absolute atomic E-state index is 0.366. The molecule has 1 saturated carbocycles. The lowest BCUT2D eigenvalue weighted by Gasteiger charge is -2.59. The number of rotatable bonds is 8. The number of nitrogens with two attached hydrogens (primary N) is 1. The molecule has 42 heavy (non-hydrogen) atoms. The largest absolute Gasteiger partial charge is 0.489 e. The van der Waals surface area contributed by atoms with Crippen LogP contribution in [-0.4, -0.2) is 30.0 Å². The molecule has 0 spiro atoms. The third kappa shape index (κ3) is 4.34. The van der Waals surface area contributed by atoms with Crippen LogP contribution in [-0.2, 0) is 32.9 Å². The van der Waals surface area contributed by atoms with E-state index in [9.17, 15) is 9.59 Å². The fourth-order valence-corrected chi connectivity index (χ4v) is 7.69. The number of primary amides is 1. The predicted molar refractivity (Wildman–Crippen MR) is 164 cm³/mol. The molecule has 2 atom stereocenters. The molecule has 7 nitrogen and oxygen atoms in total. The summed E-state index contributed by atoms with van der Waals surface area (Å²) in [5.74, 6) is -0.131. The molecule has 1 aromatic heterocycles. The molecule has 3 N–H and O–H groups in total. The molecule has 1 amide bonds. The van der Waals surface area contributed by atoms with Gasteiger partial charge in [-0.3, -0.25) is 4.79 Å². The maximum Gasteiger partial charge on any atom is 0.338 e. The van der Waals surface area contributed by atoms with Crippen molar-refractivity contribution in [1.29, 1.82) is 0 Å². The highest BCUT2D eigenvalue weighted by Gasteiger charge is 2.66. The molecule has 7 heteroatoms. The molecule has 0 radical (unpaired) electrons. The highest BCUT2D eigenvalue weighted by atomic mass is 16.5. The van der Waals surface area contributed by atoms with E-state index in [4.69, 9.17) is 15.2 Å². The van der Waals surface area contributed by atoms with E-state index in [0.717, 1.165) is 71.9 Å². The van der Waals surface area contributed by atoms with Crippen LogP contribution < -0.4 is 15.4 Å². The van der Waals surface area contributed by atoms with E-state index in [0.29, 0.717) is 18.8 Å². The van der Waals surface area contributed by atoms with E-state index in [1.54, 1.807) is 0 Å². The van der Waals surface area contributed by atoms with Gasteiger partial charge < -0.3 is 25.1 Å². The van der Waals surface area contributed by atoms with E-state index in [1.807, 2.05) is 77.7 Å². The maximum atomic E-state index is 14.6. The third-order valence-corrected chi connectivity index (χ3v) is 9.67. The number of carbonyl (C=O) groups is 2. The Hall–Kier alpha value is -4.26. The van der Waals surface area contributed by atoms with Crippen LogP contribution in [0.2, 0.25) is 0 Å². The van der Waals surface area contributed by atoms with Gasteiger partial charge in [-0.05, 0) is 60.7 Å². The van der Waals surface area contributed by atoms with Crippen LogP contribution in [0, 0.1) is 5.41 Å². The number of hydrogen-bond acceptors (Lipinski definition) is 5. The Labute approximate surface area is 247 Å². The fourth-order valence-electron chi connectivity index (χ4n) is 7.69. The second-order valence-corrected chi connectivity index (χ2v) is 11.7. The second kappa shape index (κ2) is 11.2. The molecule has 4 aromatic rings. The molecule has 1 aliphatic carbocycles. The summed E-state index contributed by atoms with van der Waals surface area (Å²) < 4.78 is 11.8. The quantitative estimate of drug-likeness (QED) is 0.241. The number of amides is 1. The van der Waals surface area contributed by atoms with Crippen LogP contribution in [0.4, 0.5) is 5.69 Å². The number of hydrogen-bond donors (Lipinski definition) is 2. The molecule has 2 heterocycles. The normalized spacial score (nSPS) is 21.5. The van der Waals surface area contributed by atoms with Gasteiger partial charge in [-0.1, -0.05) is 74.7 Å². The first-order chi connectivity index (χ1) is 20.4. The van der Waals surface area contributed by atoms with E-state index in [2.05, 4.69) is 18.0 Å². The SMILES string of the molecule is CCC1(C2(C(=O)OC)c3[nH]c4ccccc4c3CC(C(N)=O)N2c2ccc(OCc3ccccc3)cc2)CCCCC1. The highest BCUT2D eigenvalue weighted by molar-refractivity contribution is 5.98.